The quantitative estimate of drug-likeness (QED) is 0.860. The van der Waals surface area contributed by atoms with Crippen molar-refractivity contribution in [3.8, 4) is 0 Å². The number of hydrogen-bond acceptors (Lipinski definition) is 3. The standard InChI is InChI=1S/C16H22N2S/c1-4-8-17-15(11-16-18-9-10-19-16)14-7-5-6-12(2)13(14)3/h5-7,9-10,15,17H,4,8,11H2,1-3H3. The minimum atomic E-state index is 0.367. The van der Waals surface area contributed by atoms with Crippen LogP contribution in [-0.4, -0.2) is 11.5 Å². The second-order valence-electron chi connectivity index (χ2n) is 4.93. The molecule has 0 saturated heterocycles. The first-order valence-electron chi connectivity index (χ1n) is 6.90. The van der Waals surface area contributed by atoms with Crippen LogP contribution in [-0.2, 0) is 6.42 Å². The molecule has 0 aliphatic carbocycles. The molecule has 2 rings (SSSR count). The lowest BCUT2D eigenvalue weighted by Gasteiger charge is -2.21. The second kappa shape index (κ2) is 6.83. The van der Waals surface area contributed by atoms with Crippen LogP contribution in [0.1, 0.15) is 41.1 Å². The first-order chi connectivity index (χ1) is 9.22. The van der Waals surface area contributed by atoms with Crippen molar-refractivity contribution in [3.63, 3.8) is 0 Å². The Morgan fingerprint density at radius 3 is 2.84 bits per heavy atom. The predicted molar refractivity (Wildman–Crippen MR) is 82.8 cm³/mol. The van der Waals surface area contributed by atoms with E-state index in [1.165, 1.54) is 21.7 Å². The first kappa shape index (κ1) is 14.2. The molecule has 3 heteroatoms. The maximum Gasteiger partial charge on any atom is 0.0943 e. The molecule has 102 valence electrons. The summed E-state index contributed by atoms with van der Waals surface area (Å²) in [5.41, 5.74) is 4.16. The number of hydrogen-bond donors (Lipinski definition) is 1. The van der Waals surface area contributed by atoms with Crippen molar-refractivity contribution in [2.45, 2.75) is 39.7 Å². The topological polar surface area (TPSA) is 24.9 Å². The van der Waals surface area contributed by atoms with Crippen LogP contribution in [0.25, 0.3) is 0 Å². The molecule has 0 spiro atoms. The van der Waals surface area contributed by atoms with E-state index in [1.54, 1.807) is 11.3 Å². The number of nitrogens with zero attached hydrogens (tertiary/aromatic N) is 1. The highest BCUT2D eigenvalue weighted by Crippen LogP contribution is 2.24. The average molecular weight is 274 g/mol. The third-order valence-electron chi connectivity index (χ3n) is 3.52. The van der Waals surface area contributed by atoms with E-state index in [0.29, 0.717) is 6.04 Å². The van der Waals surface area contributed by atoms with Gasteiger partial charge in [0.05, 0.1) is 5.01 Å². The fourth-order valence-corrected chi connectivity index (χ4v) is 2.95. The van der Waals surface area contributed by atoms with Gasteiger partial charge in [-0.1, -0.05) is 25.1 Å². The van der Waals surface area contributed by atoms with E-state index in [2.05, 4.69) is 54.7 Å². The highest BCUT2D eigenvalue weighted by atomic mass is 32.1. The van der Waals surface area contributed by atoms with Crippen LogP contribution in [0.5, 0.6) is 0 Å². The van der Waals surface area contributed by atoms with Gasteiger partial charge in [0.2, 0.25) is 0 Å². The van der Waals surface area contributed by atoms with Crippen molar-refractivity contribution in [1.29, 1.82) is 0 Å². The lowest BCUT2D eigenvalue weighted by molar-refractivity contribution is 0.526. The van der Waals surface area contributed by atoms with Crippen LogP contribution in [0.3, 0.4) is 0 Å². The van der Waals surface area contributed by atoms with E-state index in [0.717, 1.165) is 19.4 Å². The molecule has 0 aliphatic rings. The molecule has 0 fully saturated rings. The first-order valence-corrected chi connectivity index (χ1v) is 7.78. The van der Waals surface area contributed by atoms with Gasteiger partial charge in [-0.25, -0.2) is 4.98 Å². The molecule has 2 nitrogen and oxygen atoms in total. The normalized spacial score (nSPS) is 12.6. The summed E-state index contributed by atoms with van der Waals surface area (Å²) < 4.78 is 0. The fraction of sp³-hybridized carbons (Fsp3) is 0.438. The minimum Gasteiger partial charge on any atom is -0.310 e. The van der Waals surface area contributed by atoms with Gasteiger partial charge in [-0.05, 0) is 43.5 Å². The van der Waals surface area contributed by atoms with Gasteiger partial charge in [-0.3, -0.25) is 0 Å². The summed E-state index contributed by atoms with van der Waals surface area (Å²) in [6, 6.07) is 6.94. The van der Waals surface area contributed by atoms with E-state index in [1.807, 2.05) is 6.20 Å². The van der Waals surface area contributed by atoms with Crippen molar-refractivity contribution < 1.29 is 0 Å². The molecule has 1 atom stereocenters. The van der Waals surface area contributed by atoms with Crippen molar-refractivity contribution in [1.82, 2.24) is 10.3 Å². The minimum absolute atomic E-state index is 0.367. The van der Waals surface area contributed by atoms with Gasteiger partial charge in [-0.2, -0.15) is 0 Å². The van der Waals surface area contributed by atoms with Crippen LogP contribution in [0, 0.1) is 13.8 Å². The molecule has 0 aliphatic heterocycles. The van der Waals surface area contributed by atoms with Gasteiger partial charge in [-0.15, -0.1) is 11.3 Å². The molecule has 1 heterocycles. The summed E-state index contributed by atoms with van der Waals surface area (Å²) in [5, 5.41) is 6.91. The Bertz CT molecular complexity index is 505. The van der Waals surface area contributed by atoms with E-state index >= 15 is 0 Å². The lowest BCUT2D eigenvalue weighted by atomic mass is 9.95. The summed E-state index contributed by atoms with van der Waals surface area (Å²) in [7, 11) is 0. The molecular weight excluding hydrogens is 252 g/mol. The van der Waals surface area contributed by atoms with Gasteiger partial charge in [0, 0.05) is 24.0 Å². The van der Waals surface area contributed by atoms with E-state index < -0.39 is 0 Å². The maximum absolute atomic E-state index is 4.42. The average Bonchev–Trinajstić information content (AvgIpc) is 2.91. The molecule has 1 aromatic carbocycles. The monoisotopic (exact) mass is 274 g/mol. The predicted octanol–water partition coefficient (Wildman–Crippen LogP) is 4.04. The number of aromatic nitrogens is 1. The molecule has 1 N–H and O–H groups in total. The van der Waals surface area contributed by atoms with Crippen molar-refractivity contribution in [2.75, 3.05) is 6.54 Å². The summed E-state index contributed by atoms with van der Waals surface area (Å²) in [5.74, 6) is 0. The fourth-order valence-electron chi connectivity index (χ4n) is 2.29. The summed E-state index contributed by atoms with van der Waals surface area (Å²) in [4.78, 5) is 4.42. The Hall–Kier alpha value is -1.19. The van der Waals surface area contributed by atoms with Gasteiger partial charge < -0.3 is 5.32 Å². The number of thiazole rings is 1. The van der Waals surface area contributed by atoms with Gasteiger partial charge in [0.15, 0.2) is 0 Å². The maximum atomic E-state index is 4.42. The smallest absolute Gasteiger partial charge is 0.0943 e. The van der Waals surface area contributed by atoms with Crippen LogP contribution >= 0.6 is 11.3 Å². The largest absolute Gasteiger partial charge is 0.310 e. The van der Waals surface area contributed by atoms with Crippen LogP contribution in [0.4, 0.5) is 0 Å². The Morgan fingerprint density at radius 1 is 1.32 bits per heavy atom. The molecule has 1 aromatic heterocycles. The molecule has 0 radical (unpaired) electrons. The summed E-state index contributed by atoms with van der Waals surface area (Å²) in [6.45, 7) is 7.65. The van der Waals surface area contributed by atoms with Gasteiger partial charge >= 0.3 is 0 Å². The van der Waals surface area contributed by atoms with Crippen LogP contribution in [0.15, 0.2) is 29.8 Å². The van der Waals surface area contributed by atoms with Crippen LogP contribution < -0.4 is 5.32 Å². The zero-order valence-corrected chi connectivity index (χ0v) is 12.8. The SMILES string of the molecule is CCCNC(Cc1nccs1)c1cccc(C)c1C. The van der Waals surface area contributed by atoms with Crippen molar-refractivity contribution in [3.05, 3.63) is 51.5 Å². The van der Waals surface area contributed by atoms with Crippen LogP contribution in [0.2, 0.25) is 0 Å². The zero-order valence-electron chi connectivity index (χ0n) is 11.9. The third kappa shape index (κ3) is 3.64. The molecule has 0 bridgehead atoms. The molecule has 2 aromatic rings. The molecular formula is C16H22N2S. The molecule has 1 unspecified atom stereocenters. The third-order valence-corrected chi connectivity index (χ3v) is 4.33. The Balaban J connectivity index is 2.23. The van der Waals surface area contributed by atoms with E-state index in [4.69, 9.17) is 0 Å². The van der Waals surface area contributed by atoms with E-state index in [9.17, 15) is 0 Å². The molecule has 0 amide bonds. The van der Waals surface area contributed by atoms with Crippen molar-refractivity contribution in [2.24, 2.45) is 0 Å². The number of nitrogens with one attached hydrogen (secondary N) is 1. The zero-order chi connectivity index (χ0) is 13.7. The number of aryl methyl sites for hydroxylation is 1. The highest BCUT2D eigenvalue weighted by Gasteiger charge is 2.15. The van der Waals surface area contributed by atoms with Crippen molar-refractivity contribution >= 4 is 11.3 Å². The van der Waals surface area contributed by atoms with Gasteiger partial charge in [0.1, 0.15) is 0 Å². The molecule has 0 saturated carbocycles. The Kier molecular flexibility index (Phi) is 5.11. The highest BCUT2D eigenvalue weighted by molar-refractivity contribution is 7.09. The number of benzene rings is 1. The van der Waals surface area contributed by atoms with Gasteiger partial charge in [0.25, 0.3) is 0 Å². The Morgan fingerprint density at radius 2 is 2.16 bits per heavy atom. The Labute approximate surface area is 119 Å². The molecule has 19 heavy (non-hydrogen) atoms. The number of rotatable bonds is 6. The summed E-state index contributed by atoms with van der Waals surface area (Å²) >= 11 is 1.74. The second-order valence-corrected chi connectivity index (χ2v) is 5.90. The van der Waals surface area contributed by atoms with E-state index in [-0.39, 0.29) is 0 Å². The summed E-state index contributed by atoms with van der Waals surface area (Å²) in [6.07, 6.45) is 4.02. The lowest BCUT2D eigenvalue weighted by Crippen LogP contribution is -2.25.